The summed E-state index contributed by atoms with van der Waals surface area (Å²) in [6.07, 6.45) is 5.75. The third kappa shape index (κ3) is 2.56. The van der Waals surface area contributed by atoms with Gasteiger partial charge in [0.1, 0.15) is 5.54 Å². The number of methoxy groups -OCH3 is 1. The second-order valence-corrected chi connectivity index (χ2v) is 7.28. The zero-order valence-corrected chi connectivity index (χ0v) is 12.2. The summed E-state index contributed by atoms with van der Waals surface area (Å²) in [5.41, 5.74) is -0.0646. The molecule has 1 N–H and O–H groups in total. The fraction of sp³-hybridized carbons (Fsp3) is 0.933. The average Bonchev–Trinajstić information content (AvgIpc) is 2.86. The van der Waals surface area contributed by atoms with Gasteiger partial charge < -0.3 is 10.1 Å². The fourth-order valence-electron chi connectivity index (χ4n) is 3.71. The van der Waals surface area contributed by atoms with E-state index in [-0.39, 0.29) is 11.5 Å². The van der Waals surface area contributed by atoms with Crippen molar-refractivity contribution < 1.29 is 9.53 Å². The number of hydrogen-bond acceptors (Lipinski definition) is 3. The molecule has 3 heteroatoms. The Kier molecular flexibility index (Phi) is 3.72. The van der Waals surface area contributed by atoms with E-state index in [2.05, 4.69) is 26.1 Å². The van der Waals surface area contributed by atoms with E-state index in [0.717, 1.165) is 25.3 Å². The summed E-state index contributed by atoms with van der Waals surface area (Å²) in [6.45, 7) is 7.61. The first-order valence-corrected chi connectivity index (χ1v) is 7.21. The van der Waals surface area contributed by atoms with Gasteiger partial charge in [-0.25, -0.2) is 0 Å². The molecule has 0 amide bonds. The van der Waals surface area contributed by atoms with Crippen molar-refractivity contribution in [2.75, 3.05) is 13.7 Å². The standard InChI is InChI=1S/C15H27NO2/c1-14(2,3)7-8-16-15(13(17)18-4)10-11-5-6-12(15)9-11/h11-12,16H,5-10H2,1-4H3. The minimum atomic E-state index is -0.372. The number of carbonyl (C=O) groups excluding carboxylic acids is 1. The molecule has 3 nitrogen and oxygen atoms in total. The van der Waals surface area contributed by atoms with Crippen LogP contribution < -0.4 is 5.32 Å². The Morgan fingerprint density at radius 1 is 1.39 bits per heavy atom. The molecule has 2 saturated carbocycles. The maximum atomic E-state index is 12.2. The predicted molar refractivity (Wildman–Crippen MR) is 72.3 cm³/mol. The molecule has 2 aliphatic carbocycles. The largest absolute Gasteiger partial charge is 0.468 e. The summed E-state index contributed by atoms with van der Waals surface area (Å²) in [5.74, 6) is 1.19. The van der Waals surface area contributed by atoms with Crippen LogP contribution in [0.3, 0.4) is 0 Å². The summed E-state index contributed by atoms with van der Waals surface area (Å²) < 4.78 is 5.07. The van der Waals surface area contributed by atoms with Crippen LogP contribution in [0.25, 0.3) is 0 Å². The summed E-state index contributed by atoms with van der Waals surface area (Å²) in [6, 6.07) is 0. The highest BCUT2D eigenvalue weighted by molar-refractivity contribution is 5.82. The molecule has 3 atom stereocenters. The molecular formula is C15H27NO2. The molecule has 104 valence electrons. The first-order valence-electron chi connectivity index (χ1n) is 7.21. The summed E-state index contributed by atoms with van der Waals surface area (Å²) in [7, 11) is 1.52. The Hall–Kier alpha value is -0.570. The van der Waals surface area contributed by atoms with Gasteiger partial charge >= 0.3 is 5.97 Å². The van der Waals surface area contributed by atoms with Crippen molar-refractivity contribution in [3.63, 3.8) is 0 Å². The molecule has 2 aliphatic rings. The third-order valence-corrected chi connectivity index (χ3v) is 4.71. The van der Waals surface area contributed by atoms with Crippen LogP contribution in [0.15, 0.2) is 0 Å². The first kappa shape index (κ1) is 13.9. The lowest BCUT2D eigenvalue weighted by atomic mass is 9.80. The van der Waals surface area contributed by atoms with E-state index >= 15 is 0 Å². The minimum absolute atomic E-state index is 0.0383. The van der Waals surface area contributed by atoms with Crippen LogP contribution in [-0.2, 0) is 9.53 Å². The molecule has 2 bridgehead atoms. The van der Waals surface area contributed by atoms with Crippen molar-refractivity contribution in [2.24, 2.45) is 17.3 Å². The zero-order valence-electron chi connectivity index (χ0n) is 12.2. The van der Waals surface area contributed by atoms with Crippen LogP contribution in [-0.4, -0.2) is 25.2 Å². The molecule has 2 fully saturated rings. The van der Waals surface area contributed by atoms with Crippen LogP contribution >= 0.6 is 0 Å². The highest BCUT2D eigenvalue weighted by atomic mass is 16.5. The first-order chi connectivity index (χ1) is 8.37. The number of fused-ring (bicyclic) bond motifs is 2. The fourth-order valence-corrected chi connectivity index (χ4v) is 3.71. The maximum absolute atomic E-state index is 12.2. The SMILES string of the molecule is COC(=O)C1(NCCC(C)(C)C)CC2CCC1C2. The molecule has 0 aliphatic heterocycles. The Morgan fingerprint density at radius 2 is 2.11 bits per heavy atom. The summed E-state index contributed by atoms with van der Waals surface area (Å²) in [5, 5.41) is 3.56. The second kappa shape index (κ2) is 4.84. The highest BCUT2D eigenvalue weighted by Crippen LogP contribution is 2.51. The molecule has 2 rings (SSSR count). The zero-order chi connectivity index (χ0) is 13.4. The van der Waals surface area contributed by atoms with Gasteiger partial charge in [-0.1, -0.05) is 27.2 Å². The van der Waals surface area contributed by atoms with Crippen molar-refractivity contribution in [1.82, 2.24) is 5.32 Å². The van der Waals surface area contributed by atoms with Crippen LogP contribution in [0, 0.1) is 17.3 Å². The number of nitrogens with one attached hydrogen (secondary N) is 1. The van der Waals surface area contributed by atoms with Gasteiger partial charge in [0.25, 0.3) is 0 Å². The second-order valence-electron chi connectivity index (χ2n) is 7.28. The normalized spacial score (nSPS) is 34.9. The lowest BCUT2D eigenvalue weighted by molar-refractivity contribution is -0.151. The van der Waals surface area contributed by atoms with Crippen LogP contribution in [0.4, 0.5) is 0 Å². The summed E-state index contributed by atoms with van der Waals surface area (Å²) in [4.78, 5) is 12.2. The molecule has 0 radical (unpaired) electrons. The Morgan fingerprint density at radius 3 is 2.56 bits per heavy atom. The molecule has 0 spiro atoms. The van der Waals surface area contributed by atoms with Gasteiger partial charge in [0.15, 0.2) is 0 Å². The van der Waals surface area contributed by atoms with E-state index in [0.29, 0.717) is 11.3 Å². The lowest BCUT2D eigenvalue weighted by Crippen LogP contribution is -2.56. The summed E-state index contributed by atoms with van der Waals surface area (Å²) >= 11 is 0. The predicted octanol–water partition coefficient (Wildman–Crippen LogP) is 2.74. The smallest absolute Gasteiger partial charge is 0.326 e. The molecule has 0 aromatic carbocycles. The number of rotatable bonds is 4. The van der Waals surface area contributed by atoms with Crippen molar-refractivity contribution in [1.29, 1.82) is 0 Å². The molecule has 0 aromatic heterocycles. The van der Waals surface area contributed by atoms with Crippen molar-refractivity contribution in [3.8, 4) is 0 Å². The van der Waals surface area contributed by atoms with Crippen molar-refractivity contribution in [3.05, 3.63) is 0 Å². The van der Waals surface area contributed by atoms with Crippen LogP contribution in [0.5, 0.6) is 0 Å². The molecular weight excluding hydrogens is 226 g/mol. The highest BCUT2D eigenvalue weighted by Gasteiger charge is 2.56. The lowest BCUT2D eigenvalue weighted by Gasteiger charge is -2.36. The van der Waals surface area contributed by atoms with Crippen molar-refractivity contribution >= 4 is 5.97 Å². The van der Waals surface area contributed by atoms with E-state index in [4.69, 9.17) is 4.74 Å². The number of hydrogen-bond donors (Lipinski definition) is 1. The van der Waals surface area contributed by atoms with Crippen LogP contribution in [0.2, 0.25) is 0 Å². The molecule has 3 unspecified atom stereocenters. The van der Waals surface area contributed by atoms with E-state index < -0.39 is 0 Å². The van der Waals surface area contributed by atoms with Gasteiger partial charge in [0.05, 0.1) is 7.11 Å². The third-order valence-electron chi connectivity index (χ3n) is 4.71. The van der Waals surface area contributed by atoms with Crippen LogP contribution in [0.1, 0.15) is 52.9 Å². The van der Waals surface area contributed by atoms with Gasteiger partial charge in [0.2, 0.25) is 0 Å². The number of carbonyl (C=O) groups is 1. The van der Waals surface area contributed by atoms with Crippen molar-refractivity contribution in [2.45, 2.75) is 58.4 Å². The van der Waals surface area contributed by atoms with Gasteiger partial charge in [-0.15, -0.1) is 0 Å². The minimum Gasteiger partial charge on any atom is -0.468 e. The molecule has 18 heavy (non-hydrogen) atoms. The molecule has 0 heterocycles. The maximum Gasteiger partial charge on any atom is 0.326 e. The average molecular weight is 253 g/mol. The van der Waals surface area contributed by atoms with E-state index in [9.17, 15) is 4.79 Å². The van der Waals surface area contributed by atoms with E-state index in [1.54, 1.807) is 0 Å². The van der Waals surface area contributed by atoms with E-state index in [1.165, 1.54) is 26.4 Å². The topological polar surface area (TPSA) is 38.3 Å². The monoisotopic (exact) mass is 253 g/mol. The van der Waals surface area contributed by atoms with E-state index in [1.807, 2.05) is 0 Å². The molecule has 0 aromatic rings. The van der Waals surface area contributed by atoms with Gasteiger partial charge in [-0.05, 0) is 49.5 Å². The van der Waals surface area contributed by atoms with Gasteiger partial charge in [-0.3, -0.25) is 4.79 Å². The number of esters is 1. The Bertz CT molecular complexity index is 321. The number of ether oxygens (including phenoxy) is 1. The Labute approximate surface area is 111 Å². The van der Waals surface area contributed by atoms with Gasteiger partial charge in [0, 0.05) is 0 Å². The van der Waals surface area contributed by atoms with Gasteiger partial charge in [-0.2, -0.15) is 0 Å². The molecule has 0 saturated heterocycles. The Balaban J connectivity index is 2.01. The quantitative estimate of drug-likeness (QED) is 0.783.